The molecule has 6 heteroatoms. The van der Waals surface area contributed by atoms with Crippen LogP contribution in [0.4, 0.5) is 0 Å². The SMILES string of the molecule is CC(=O)O[Si](C)(CO)OC(C)=O. The quantitative estimate of drug-likeness (QED) is 0.622. The minimum absolute atomic E-state index is 0.424. The third-order valence-corrected chi connectivity index (χ3v) is 3.02. The monoisotopic (exact) mass is 192 g/mol. The number of carbonyl (C=O) groups is 2. The van der Waals surface area contributed by atoms with E-state index in [-0.39, 0.29) is 0 Å². The van der Waals surface area contributed by atoms with Gasteiger partial charge in [0.1, 0.15) is 6.23 Å². The molecule has 0 rings (SSSR count). The highest BCUT2D eigenvalue weighted by atomic mass is 28.4. The van der Waals surface area contributed by atoms with E-state index in [0.29, 0.717) is 0 Å². The smallest absolute Gasteiger partial charge is 0.484 e. The first-order valence-electron chi connectivity index (χ1n) is 3.39. The number of carbonyl (C=O) groups excluding carboxylic acids is 2. The van der Waals surface area contributed by atoms with Gasteiger partial charge >= 0.3 is 8.56 Å². The zero-order valence-corrected chi connectivity index (χ0v) is 8.29. The fourth-order valence-electron chi connectivity index (χ4n) is 0.693. The summed E-state index contributed by atoms with van der Waals surface area (Å²) in [7, 11) is -2.99. The molecule has 0 atom stereocenters. The first-order valence-corrected chi connectivity index (χ1v) is 5.92. The number of hydrogen-bond donors (Lipinski definition) is 1. The lowest BCUT2D eigenvalue weighted by molar-refractivity contribution is -0.139. The third kappa shape index (κ3) is 4.09. The molecule has 0 aliphatic carbocycles. The van der Waals surface area contributed by atoms with Crippen LogP contribution in [0.2, 0.25) is 6.55 Å². The minimum Gasteiger partial charge on any atom is -0.484 e. The molecule has 0 bridgehead atoms. The summed E-state index contributed by atoms with van der Waals surface area (Å²) >= 11 is 0. The summed E-state index contributed by atoms with van der Waals surface area (Å²) in [6, 6.07) is 0. The molecule has 0 saturated heterocycles. The van der Waals surface area contributed by atoms with Gasteiger partial charge in [-0.05, 0) is 0 Å². The van der Waals surface area contributed by atoms with E-state index >= 15 is 0 Å². The van der Waals surface area contributed by atoms with Crippen molar-refractivity contribution in [2.45, 2.75) is 20.4 Å². The van der Waals surface area contributed by atoms with Crippen molar-refractivity contribution in [1.82, 2.24) is 0 Å². The van der Waals surface area contributed by atoms with Crippen LogP contribution in [0.1, 0.15) is 13.8 Å². The number of hydrogen-bond acceptors (Lipinski definition) is 5. The van der Waals surface area contributed by atoms with Gasteiger partial charge < -0.3 is 14.0 Å². The number of rotatable bonds is 3. The van der Waals surface area contributed by atoms with Crippen molar-refractivity contribution in [3.63, 3.8) is 0 Å². The van der Waals surface area contributed by atoms with Gasteiger partial charge in [0.2, 0.25) is 0 Å². The van der Waals surface area contributed by atoms with E-state index in [9.17, 15) is 9.59 Å². The molecule has 0 saturated carbocycles. The Balaban J connectivity index is 4.23. The van der Waals surface area contributed by atoms with Gasteiger partial charge in [0, 0.05) is 20.4 Å². The van der Waals surface area contributed by atoms with Crippen LogP contribution in [-0.2, 0) is 18.4 Å². The lowest BCUT2D eigenvalue weighted by Gasteiger charge is -2.22. The molecule has 0 spiro atoms. The summed E-state index contributed by atoms with van der Waals surface area (Å²) in [5.41, 5.74) is 0. The summed E-state index contributed by atoms with van der Waals surface area (Å²) in [6.07, 6.45) is -0.424. The van der Waals surface area contributed by atoms with Gasteiger partial charge in [-0.2, -0.15) is 0 Å². The first-order chi connectivity index (χ1) is 5.39. The van der Waals surface area contributed by atoms with Crippen molar-refractivity contribution in [3.8, 4) is 0 Å². The van der Waals surface area contributed by atoms with Gasteiger partial charge in [0.05, 0.1) is 0 Å². The molecule has 5 nitrogen and oxygen atoms in total. The Bertz CT molecular complexity index is 174. The third-order valence-electron chi connectivity index (χ3n) is 1.01. The molecular formula is C6H12O5Si. The second kappa shape index (κ2) is 4.22. The lowest BCUT2D eigenvalue weighted by Crippen LogP contribution is -2.45. The number of aliphatic hydroxyl groups is 1. The minimum atomic E-state index is -2.99. The second-order valence-corrected chi connectivity index (χ2v) is 5.47. The molecule has 0 aromatic heterocycles. The van der Waals surface area contributed by atoms with Crippen molar-refractivity contribution in [2.24, 2.45) is 0 Å². The van der Waals surface area contributed by atoms with Crippen LogP contribution in [0.25, 0.3) is 0 Å². The zero-order chi connectivity index (χ0) is 9.78. The lowest BCUT2D eigenvalue weighted by atomic mass is 10.9. The summed E-state index contributed by atoms with van der Waals surface area (Å²) in [5, 5.41) is 8.79. The van der Waals surface area contributed by atoms with E-state index in [1.165, 1.54) is 20.4 Å². The van der Waals surface area contributed by atoms with Crippen molar-refractivity contribution < 1.29 is 23.5 Å². The molecule has 12 heavy (non-hydrogen) atoms. The molecular weight excluding hydrogens is 180 g/mol. The van der Waals surface area contributed by atoms with Crippen LogP contribution in [0.3, 0.4) is 0 Å². The molecule has 0 amide bonds. The molecule has 0 aliphatic rings. The second-order valence-electron chi connectivity index (χ2n) is 2.48. The van der Waals surface area contributed by atoms with E-state index < -0.39 is 26.7 Å². The molecule has 0 radical (unpaired) electrons. The average molecular weight is 192 g/mol. The Kier molecular flexibility index (Phi) is 3.91. The summed E-state index contributed by atoms with van der Waals surface area (Å²) in [5.74, 6) is -1.11. The summed E-state index contributed by atoms with van der Waals surface area (Å²) in [6.45, 7) is 3.84. The first kappa shape index (κ1) is 11.1. The average Bonchev–Trinajstić information content (AvgIpc) is 1.83. The van der Waals surface area contributed by atoms with Crippen LogP contribution >= 0.6 is 0 Å². The van der Waals surface area contributed by atoms with E-state index in [1.54, 1.807) is 0 Å². The van der Waals surface area contributed by atoms with Gasteiger partial charge in [0.25, 0.3) is 11.9 Å². The van der Waals surface area contributed by atoms with Crippen molar-refractivity contribution in [2.75, 3.05) is 6.23 Å². The van der Waals surface area contributed by atoms with Crippen LogP contribution in [0.5, 0.6) is 0 Å². The Hall–Kier alpha value is -0.883. The Morgan fingerprint density at radius 1 is 1.25 bits per heavy atom. The maximum atomic E-state index is 10.5. The van der Waals surface area contributed by atoms with Crippen LogP contribution < -0.4 is 0 Å². The molecule has 0 unspecified atom stereocenters. The number of aliphatic hydroxyl groups excluding tert-OH is 1. The van der Waals surface area contributed by atoms with Crippen molar-refractivity contribution in [1.29, 1.82) is 0 Å². The molecule has 1 N–H and O–H groups in total. The van der Waals surface area contributed by atoms with E-state index in [2.05, 4.69) is 0 Å². The van der Waals surface area contributed by atoms with Gasteiger partial charge in [-0.25, -0.2) is 0 Å². The van der Waals surface area contributed by atoms with E-state index in [0.717, 1.165) is 0 Å². The summed E-state index contributed by atoms with van der Waals surface area (Å²) in [4.78, 5) is 21.0. The standard InChI is InChI=1S/C6H12O5Si/c1-5(8)10-12(3,4-7)11-6(2)9/h7H,4H2,1-3H3. The van der Waals surface area contributed by atoms with Crippen molar-refractivity contribution in [3.05, 3.63) is 0 Å². The molecule has 0 aromatic carbocycles. The highest BCUT2D eigenvalue weighted by Gasteiger charge is 2.37. The van der Waals surface area contributed by atoms with Gasteiger partial charge in [-0.3, -0.25) is 9.59 Å². The largest absolute Gasteiger partial charge is 0.487 e. The highest BCUT2D eigenvalue weighted by molar-refractivity contribution is 6.68. The topological polar surface area (TPSA) is 72.8 Å². The molecule has 0 fully saturated rings. The predicted octanol–water partition coefficient (Wildman–Crippen LogP) is -0.284. The predicted molar refractivity (Wildman–Crippen MR) is 42.2 cm³/mol. The fourth-order valence-corrected chi connectivity index (χ4v) is 2.08. The van der Waals surface area contributed by atoms with Gasteiger partial charge in [-0.15, -0.1) is 0 Å². The van der Waals surface area contributed by atoms with Crippen molar-refractivity contribution >= 4 is 20.5 Å². The van der Waals surface area contributed by atoms with E-state index in [1.807, 2.05) is 0 Å². The van der Waals surface area contributed by atoms with E-state index in [4.69, 9.17) is 14.0 Å². The normalized spacial score (nSPS) is 10.7. The Morgan fingerprint density at radius 2 is 1.58 bits per heavy atom. The maximum absolute atomic E-state index is 10.5. The summed E-state index contributed by atoms with van der Waals surface area (Å²) < 4.78 is 9.41. The molecule has 0 aromatic rings. The fraction of sp³-hybridized carbons (Fsp3) is 0.667. The zero-order valence-electron chi connectivity index (χ0n) is 7.29. The highest BCUT2D eigenvalue weighted by Crippen LogP contribution is 2.06. The van der Waals surface area contributed by atoms with Gasteiger partial charge in [0.15, 0.2) is 0 Å². The molecule has 70 valence electrons. The Labute approximate surface area is 71.5 Å². The van der Waals surface area contributed by atoms with Gasteiger partial charge in [-0.1, -0.05) is 0 Å². The maximum Gasteiger partial charge on any atom is 0.487 e. The Morgan fingerprint density at radius 3 is 1.75 bits per heavy atom. The van der Waals surface area contributed by atoms with Crippen LogP contribution in [-0.4, -0.2) is 31.8 Å². The van der Waals surface area contributed by atoms with Crippen LogP contribution in [0, 0.1) is 0 Å². The molecule has 0 heterocycles. The molecule has 0 aliphatic heterocycles. The van der Waals surface area contributed by atoms with Crippen LogP contribution in [0.15, 0.2) is 0 Å².